The quantitative estimate of drug-likeness (QED) is 0.228. The molecule has 2 aliphatic rings. The number of carbonyl (C=O) groups is 2. The minimum absolute atomic E-state index is 0.00815. The van der Waals surface area contributed by atoms with Crippen molar-refractivity contribution in [3.05, 3.63) is 111 Å². The maximum atomic E-state index is 14.1. The van der Waals surface area contributed by atoms with Crippen LogP contribution in [0.25, 0.3) is 6.08 Å². The molecule has 0 bridgehead atoms. The van der Waals surface area contributed by atoms with Crippen molar-refractivity contribution in [1.29, 1.82) is 0 Å². The largest absolute Gasteiger partial charge is 0.379 e. The second-order valence-corrected chi connectivity index (χ2v) is 12.5. The number of hydrogen-bond acceptors (Lipinski definition) is 5. The molecule has 0 aromatic heterocycles. The highest BCUT2D eigenvalue weighted by molar-refractivity contribution is 14.1. The minimum Gasteiger partial charge on any atom is -0.379 e. The monoisotopic (exact) mass is 692 g/mol. The van der Waals surface area contributed by atoms with E-state index < -0.39 is 0 Å². The van der Waals surface area contributed by atoms with E-state index in [9.17, 15) is 9.59 Å². The summed E-state index contributed by atoms with van der Waals surface area (Å²) in [4.78, 5) is 31.2. The summed E-state index contributed by atoms with van der Waals surface area (Å²) in [7, 11) is 0. The summed E-state index contributed by atoms with van der Waals surface area (Å²) in [6, 6.07) is 28.6. The number of hydrogen-bond donors (Lipinski definition) is 2. The van der Waals surface area contributed by atoms with Crippen molar-refractivity contribution in [3.63, 3.8) is 0 Å². The molecule has 2 saturated heterocycles. The number of amides is 2. The van der Waals surface area contributed by atoms with Crippen molar-refractivity contribution in [2.75, 3.05) is 52.5 Å². The van der Waals surface area contributed by atoms with E-state index in [0.29, 0.717) is 26.1 Å². The Balaban J connectivity index is 1.28. The van der Waals surface area contributed by atoms with Crippen molar-refractivity contribution in [2.45, 2.75) is 30.8 Å². The molecule has 2 atom stereocenters. The Kier molecular flexibility index (Phi) is 11.8. The third kappa shape index (κ3) is 9.47. The van der Waals surface area contributed by atoms with Crippen molar-refractivity contribution in [3.8, 4) is 0 Å². The number of nitrogens with one attached hydrogen (secondary N) is 2. The lowest BCUT2D eigenvalue weighted by Gasteiger charge is -2.31. The summed E-state index contributed by atoms with van der Waals surface area (Å²) in [6.45, 7) is 5.79. The van der Waals surface area contributed by atoms with Crippen LogP contribution in [0.2, 0.25) is 0 Å². The number of morpholine rings is 1. The molecular formula is C35H41IN4O3. The molecule has 5 rings (SSSR count). The maximum Gasteiger partial charge on any atom is 0.244 e. The molecule has 0 spiro atoms. The van der Waals surface area contributed by atoms with Gasteiger partial charge >= 0.3 is 0 Å². The molecule has 7 nitrogen and oxygen atoms in total. The smallest absolute Gasteiger partial charge is 0.244 e. The highest BCUT2D eigenvalue weighted by Gasteiger charge is 2.33. The Morgan fingerprint density at radius 2 is 1.60 bits per heavy atom. The van der Waals surface area contributed by atoms with Crippen LogP contribution in [0.1, 0.15) is 35.4 Å². The first-order chi connectivity index (χ1) is 21.0. The van der Waals surface area contributed by atoms with Gasteiger partial charge in [0.25, 0.3) is 0 Å². The van der Waals surface area contributed by atoms with Gasteiger partial charge < -0.3 is 20.3 Å². The average Bonchev–Trinajstić information content (AvgIpc) is 3.20. The van der Waals surface area contributed by atoms with Crippen LogP contribution in [0.15, 0.2) is 91.0 Å². The van der Waals surface area contributed by atoms with Gasteiger partial charge in [0.2, 0.25) is 11.8 Å². The van der Waals surface area contributed by atoms with Gasteiger partial charge in [-0.2, -0.15) is 0 Å². The van der Waals surface area contributed by atoms with E-state index in [1.54, 1.807) is 6.08 Å². The predicted molar refractivity (Wildman–Crippen MR) is 180 cm³/mol. The van der Waals surface area contributed by atoms with Gasteiger partial charge in [0.1, 0.15) is 0 Å². The van der Waals surface area contributed by atoms with Crippen molar-refractivity contribution >= 4 is 40.5 Å². The molecule has 226 valence electrons. The predicted octanol–water partition coefficient (Wildman–Crippen LogP) is 4.53. The third-order valence-electron chi connectivity index (χ3n) is 8.26. The zero-order valence-electron chi connectivity index (χ0n) is 24.5. The van der Waals surface area contributed by atoms with E-state index >= 15 is 0 Å². The van der Waals surface area contributed by atoms with Gasteiger partial charge in [-0.15, -0.1) is 0 Å². The fourth-order valence-corrected chi connectivity index (χ4v) is 6.15. The zero-order valence-corrected chi connectivity index (χ0v) is 26.7. The van der Waals surface area contributed by atoms with Crippen LogP contribution in [0, 0.1) is 3.57 Å². The van der Waals surface area contributed by atoms with Crippen LogP contribution in [0.4, 0.5) is 0 Å². The van der Waals surface area contributed by atoms with Crippen LogP contribution in [-0.4, -0.2) is 86.2 Å². The van der Waals surface area contributed by atoms with Crippen LogP contribution in [0.5, 0.6) is 0 Å². The molecular weight excluding hydrogens is 651 g/mol. The number of benzene rings is 3. The van der Waals surface area contributed by atoms with E-state index in [1.807, 2.05) is 47.4 Å². The van der Waals surface area contributed by atoms with Gasteiger partial charge in [-0.05, 0) is 70.3 Å². The first-order valence-corrected chi connectivity index (χ1v) is 16.3. The molecule has 3 aromatic carbocycles. The molecule has 8 heteroatoms. The molecule has 2 N–H and O–H groups in total. The van der Waals surface area contributed by atoms with Gasteiger partial charge in [0.15, 0.2) is 0 Å². The number of carbonyl (C=O) groups excluding carboxylic acids is 2. The van der Waals surface area contributed by atoms with Gasteiger partial charge in [-0.25, -0.2) is 0 Å². The van der Waals surface area contributed by atoms with Crippen LogP contribution < -0.4 is 10.6 Å². The number of ether oxygens (including phenoxy) is 1. The van der Waals surface area contributed by atoms with Crippen LogP contribution in [-0.2, 0) is 14.3 Å². The van der Waals surface area contributed by atoms with Crippen LogP contribution in [0.3, 0.4) is 0 Å². The number of rotatable bonds is 11. The minimum atomic E-state index is -0.318. The lowest BCUT2D eigenvalue weighted by atomic mass is 9.90. The molecule has 0 saturated carbocycles. The zero-order chi connectivity index (χ0) is 29.9. The SMILES string of the molecule is O=C(/C=C/c1ccc(I)cc1)NC[C@@H]1CCN(CC(c2ccccc2)c2ccccc2)C(=O)[C@H](CCN2CCOCC2)N1. The fourth-order valence-electron chi connectivity index (χ4n) is 5.79. The molecule has 43 heavy (non-hydrogen) atoms. The summed E-state index contributed by atoms with van der Waals surface area (Å²) in [5.41, 5.74) is 3.39. The second kappa shape index (κ2) is 16.1. The lowest BCUT2D eigenvalue weighted by molar-refractivity contribution is -0.133. The number of nitrogens with zero attached hydrogens (tertiary/aromatic N) is 2. The summed E-state index contributed by atoms with van der Waals surface area (Å²) in [6.07, 6.45) is 4.89. The summed E-state index contributed by atoms with van der Waals surface area (Å²) in [5, 5.41) is 6.70. The van der Waals surface area contributed by atoms with Gasteiger partial charge in [-0.3, -0.25) is 14.5 Å². The lowest BCUT2D eigenvalue weighted by Crippen LogP contribution is -2.50. The highest BCUT2D eigenvalue weighted by atomic mass is 127. The van der Waals surface area contributed by atoms with Gasteiger partial charge in [0, 0.05) is 60.9 Å². The Morgan fingerprint density at radius 3 is 2.26 bits per heavy atom. The maximum absolute atomic E-state index is 14.1. The Morgan fingerprint density at radius 1 is 0.953 bits per heavy atom. The third-order valence-corrected chi connectivity index (χ3v) is 8.98. The summed E-state index contributed by atoms with van der Waals surface area (Å²) >= 11 is 2.27. The topological polar surface area (TPSA) is 73.9 Å². The van der Waals surface area contributed by atoms with Gasteiger partial charge in [-0.1, -0.05) is 72.8 Å². The Bertz CT molecular complexity index is 1290. The van der Waals surface area contributed by atoms with E-state index in [2.05, 4.69) is 86.7 Å². The molecule has 2 heterocycles. The standard InChI is InChI=1S/C35H41IN4O3/c36-30-14-11-27(12-15-30)13-16-34(41)37-25-31-17-20-40(35(42)33(38-31)18-19-39-21-23-43-24-22-39)26-32(28-7-3-1-4-8-28)29-9-5-2-6-10-29/h1-16,31-33,38H,17-26H2,(H,37,41)/b16-13+/t31-,33-/m0/s1. The molecule has 2 fully saturated rings. The molecule has 2 amide bonds. The van der Waals surface area contributed by atoms with E-state index in [4.69, 9.17) is 4.74 Å². The summed E-state index contributed by atoms with van der Waals surface area (Å²) in [5.74, 6) is 0.0809. The second-order valence-electron chi connectivity index (χ2n) is 11.2. The molecule has 0 unspecified atom stereocenters. The number of halogens is 1. The molecule has 2 aliphatic heterocycles. The van der Waals surface area contributed by atoms with E-state index in [1.165, 1.54) is 11.1 Å². The molecule has 0 aliphatic carbocycles. The summed E-state index contributed by atoms with van der Waals surface area (Å²) < 4.78 is 6.68. The average molecular weight is 693 g/mol. The fraction of sp³-hybridized carbons (Fsp3) is 0.371. The normalized spacial score (nSPS) is 20.0. The van der Waals surface area contributed by atoms with E-state index in [0.717, 1.165) is 48.4 Å². The first kappa shape index (κ1) is 31.4. The van der Waals surface area contributed by atoms with Crippen LogP contribution >= 0.6 is 22.6 Å². The molecule has 0 radical (unpaired) electrons. The van der Waals surface area contributed by atoms with Crippen molar-refractivity contribution < 1.29 is 14.3 Å². The highest BCUT2D eigenvalue weighted by Crippen LogP contribution is 2.27. The van der Waals surface area contributed by atoms with Crippen molar-refractivity contribution in [2.24, 2.45) is 0 Å². The van der Waals surface area contributed by atoms with E-state index in [-0.39, 0.29) is 29.8 Å². The first-order valence-electron chi connectivity index (χ1n) is 15.2. The Labute approximate surface area is 268 Å². The Hall–Kier alpha value is -3.05. The van der Waals surface area contributed by atoms with Gasteiger partial charge in [0.05, 0.1) is 19.3 Å². The molecule has 3 aromatic rings. The van der Waals surface area contributed by atoms with Crippen molar-refractivity contribution in [1.82, 2.24) is 20.4 Å².